The number of benzene rings is 1. The zero-order valence-electron chi connectivity index (χ0n) is 10.7. The van der Waals surface area contributed by atoms with E-state index in [1.54, 1.807) is 7.05 Å². The summed E-state index contributed by atoms with van der Waals surface area (Å²) in [4.78, 5) is 24.9. The maximum Gasteiger partial charge on any atom is 0.251 e. The van der Waals surface area contributed by atoms with Gasteiger partial charge in [-0.3, -0.25) is 9.59 Å². The van der Waals surface area contributed by atoms with Gasteiger partial charge in [-0.2, -0.15) is 0 Å². The molecule has 0 aliphatic heterocycles. The van der Waals surface area contributed by atoms with E-state index in [1.807, 2.05) is 6.92 Å². The van der Waals surface area contributed by atoms with Gasteiger partial charge in [0, 0.05) is 19.2 Å². The smallest absolute Gasteiger partial charge is 0.251 e. The first-order chi connectivity index (χ1) is 8.86. The molecule has 2 amide bonds. The normalized spacial score (nSPS) is 10.1. The molecular formula is C12H15Cl2N3O2. The highest BCUT2D eigenvalue weighted by Crippen LogP contribution is 2.29. The predicted molar refractivity (Wildman–Crippen MR) is 76.5 cm³/mol. The molecule has 0 radical (unpaired) electrons. The third-order valence-corrected chi connectivity index (χ3v) is 3.44. The molecule has 0 aliphatic rings. The van der Waals surface area contributed by atoms with Gasteiger partial charge >= 0.3 is 0 Å². The number of amides is 2. The van der Waals surface area contributed by atoms with Gasteiger partial charge in [-0.1, -0.05) is 23.2 Å². The summed E-state index contributed by atoms with van der Waals surface area (Å²) < 4.78 is 0. The maximum absolute atomic E-state index is 11.8. The number of rotatable bonds is 4. The number of hydrogen-bond donors (Lipinski definition) is 2. The molecule has 0 unspecified atom stereocenters. The molecule has 0 spiro atoms. The lowest BCUT2D eigenvalue weighted by molar-refractivity contribution is -0.128. The molecular weight excluding hydrogens is 289 g/mol. The standard InChI is InChI=1S/C12H15Cl2N3O2/c1-3-17(2)10(18)6-16-12(19)7-4-8(13)11(14)9(15)5-7/h4-5H,3,6,15H2,1-2H3,(H,16,19). The van der Waals surface area contributed by atoms with E-state index in [0.717, 1.165) is 0 Å². The zero-order chi connectivity index (χ0) is 14.6. The van der Waals surface area contributed by atoms with E-state index in [1.165, 1.54) is 17.0 Å². The first-order valence-electron chi connectivity index (χ1n) is 5.63. The van der Waals surface area contributed by atoms with Crippen LogP contribution < -0.4 is 11.1 Å². The van der Waals surface area contributed by atoms with Crippen LogP contribution in [0.3, 0.4) is 0 Å². The Morgan fingerprint density at radius 3 is 2.53 bits per heavy atom. The summed E-state index contributed by atoms with van der Waals surface area (Å²) in [5, 5.41) is 2.91. The average Bonchev–Trinajstić information content (AvgIpc) is 2.39. The molecule has 0 aromatic heterocycles. The van der Waals surface area contributed by atoms with Crippen molar-refractivity contribution in [3.8, 4) is 0 Å². The van der Waals surface area contributed by atoms with E-state index in [4.69, 9.17) is 28.9 Å². The summed E-state index contributed by atoms with van der Waals surface area (Å²) in [6.07, 6.45) is 0. The van der Waals surface area contributed by atoms with Gasteiger partial charge in [-0.15, -0.1) is 0 Å². The molecule has 19 heavy (non-hydrogen) atoms. The third-order valence-electron chi connectivity index (χ3n) is 2.62. The number of anilines is 1. The minimum Gasteiger partial charge on any atom is -0.397 e. The van der Waals surface area contributed by atoms with Crippen LogP contribution in [0.5, 0.6) is 0 Å². The molecule has 1 aromatic carbocycles. The minimum atomic E-state index is -0.428. The first kappa shape index (κ1) is 15.6. The van der Waals surface area contributed by atoms with Gasteiger partial charge in [0.05, 0.1) is 22.3 Å². The average molecular weight is 304 g/mol. The van der Waals surface area contributed by atoms with E-state index in [2.05, 4.69) is 5.32 Å². The summed E-state index contributed by atoms with van der Waals surface area (Å²) in [6, 6.07) is 2.82. The van der Waals surface area contributed by atoms with Crippen LogP contribution in [0.1, 0.15) is 17.3 Å². The molecule has 7 heteroatoms. The van der Waals surface area contributed by atoms with Crippen LogP contribution >= 0.6 is 23.2 Å². The Hall–Kier alpha value is -1.46. The Kier molecular flexibility index (Phi) is 5.44. The molecule has 0 saturated heterocycles. The second-order valence-corrected chi connectivity index (χ2v) is 4.74. The molecule has 3 N–H and O–H groups in total. The Bertz CT molecular complexity index is 483. The van der Waals surface area contributed by atoms with Gasteiger partial charge in [0.1, 0.15) is 0 Å². The minimum absolute atomic E-state index is 0.0800. The van der Waals surface area contributed by atoms with Gasteiger partial charge in [-0.05, 0) is 19.1 Å². The van der Waals surface area contributed by atoms with E-state index >= 15 is 0 Å². The molecule has 0 bridgehead atoms. The summed E-state index contributed by atoms with van der Waals surface area (Å²) in [6.45, 7) is 2.34. The van der Waals surface area contributed by atoms with Crippen molar-refractivity contribution in [2.24, 2.45) is 0 Å². The lowest BCUT2D eigenvalue weighted by Gasteiger charge is -2.15. The summed E-state index contributed by atoms with van der Waals surface area (Å²) in [7, 11) is 1.66. The first-order valence-corrected chi connectivity index (χ1v) is 6.39. The highest BCUT2D eigenvalue weighted by atomic mass is 35.5. The van der Waals surface area contributed by atoms with Crippen LogP contribution in [0.15, 0.2) is 12.1 Å². The number of nitrogens with zero attached hydrogens (tertiary/aromatic N) is 1. The van der Waals surface area contributed by atoms with Gasteiger partial charge in [-0.25, -0.2) is 0 Å². The van der Waals surface area contributed by atoms with Crippen LogP contribution in [0.2, 0.25) is 10.0 Å². The molecule has 0 fully saturated rings. The fourth-order valence-electron chi connectivity index (χ4n) is 1.31. The lowest BCUT2D eigenvalue weighted by atomic mass is 10.2. The van der Waals surface area contributed by atoms with Crippen molar-refractivity contribution in [1.82, 2.24) is 10.2 Å². The Morgan fingerprint density at radius 2 is 2.00 bits per heavy atom. The van der Waals surface area contributed by atoms with Crippen molar-refractivity contribution in [2.45, 2.75) is 6.92 Å². The van der Waals surface area contributed by atoms with Crippen molar-refractivity contribution in [2.75, 3.05) is 25.9 Å². The van der Waals surface area contributed by atoms with Gasteiger partial charge < -0.3 is 16.0 Å². The Labute approximate surface area is 121 Å². The maximum atomic E-state index is 11.8. The SMILES string of the molecule is CCN(C)C(=O)CNC(=O)c1cc(N)c(Cl)c(Cl)c1. The van der Waals surface area contributed by atoms with Gasteiger partial charge in [0.25, 0.3) is 5.91 Å². The summed E-state index contributed by atoms with van der Waals surface area (Å²) >= 11 is 11.6. The van der Waals surface area contributed by atoms with E-state index in [0.29, 0.717) is 6.54 Å². The van der Waals surface area contributed by atoms with Crippen molar-refractivity contribution in [3.63, 3.8) is 0 Å². The van der Waals surface area contributed by atoms with E-state index < -0.39 is 5.91 Å². The number of likely N-dealkylation sites (N-methyl/N-ethyl adjacent to an activating group) is 1. The number of nitrogen functional groups attached to an aromatic ring is 1. The number of carbonyl (C=O) groups excluding carboxylic acids is 2. The largest absolute Gasteiger partial charge is 0.397 e. The van der Waals surface area contributed by atoms with Gasteiger partial charge in [0.2, 0.25) is 5.91 Å². The number of nitrogens with one attached hydrogen (secondary N) is 1. The second-order valence-electron chi connectivity index (χ2n) is 3.95. The second kappa shape index (κ2) is 6.63. The lowest BCUT2D eigenvalue weighted by Crippen LogP contribution is -2.38. The predicted octanol–water partition coefficient (Wildman–Crippen LogP) is 1.78. The number of halogens is 2. The monoisotopic (exact) mass is 303 g/mol. The Balaban J connectivity index is 2.72. The topological polar surface area (TPSA) is 75.4 Å². The van der Waals surface area contributed by atoms with Crippen LogP contribution in [0.25, 0.3) is 0 Å². The van der Waals surface area contributed by atoms with Crippen LogP contribution in [0.4, 0.5) is 5.69 Å². The van der Waals surface area contributed by atoms with Crippen LogP contribution in [0, 0.1) is 0 Å². The molecule has 1 aromatic rings. The summed E-state index contributed by atoms with van der Waals surface area (Å²) in [5.41, 5.74) is 6.10. The van der Waals surface area contributed by atoms with Crippen LogP contribution in [-0.2, 0) is 4.79 Å². The number of carbonyl (C=O) groups is 2. The summed E-state index contributed by atoms with van der Waals surface area (Å²) in [5.74, 6) is -0.605. The van der Waals surface area contributed by atoms with Crippen molar-refractivity contribution in [3.05, 3.63) is 27.7 Å². The molecule has 1 rings (SSSR count). The highest BCUT2D eigenvalue weighted by molar-refractivity contribution is 6.43. The Morgan fingerprint density at radius 1 is 1.37 bits per heavy atom. The fraction of sp³-hybridized carbons (Fsp3) is 0.333. The molecule has 0 saturated carbocycles. The third kappa shape index (κ3) is 4.01. The van der Waals surface area contributed by atoms with Crippen LogP contribution in [-0.4, -0.2) is 36.9 Å². The fourth-order valence-corrected chi connectivity index (χ4v) is 1.65. The molecule has 0 aliphatic carbocycles. The van der Waals surface area contributed by atoms with Crippen molar-refractivity contribution >= 4 is 40.7 Å². The van der Waals surface area contributed by atoms with E-state index in [9.17, 15) is 9.59 Å². The molecule has 0 atom stereocenters. The molecule has 0 heterocycles. The van der Waals surface area contributed by atoms with Crippen molar-refractivity contribution in [1.29, 1.82) is 0 Å². The number of hydrogen-bond acceptors (Lipinski definition) is 3. The quantitative estimate of drug-likeness (QED) is 0.833. The zero-order valence-corrected chi connectivity index (χ0v) is 12.2. The molecule has 104 valence electrons. The van der Waals surface area contributed by atoms with Gasteiger partial charge in [0.15, 0.2) is 0 Å². The van der Waals surface area contributed by atoms with Crippen molar-refractivity contribution < 1.29 is 9.59 Å². The van der Waals surface area contributed by atoms with E-state index in [-0.39, 0.29) is 33.7 Å². The highest BCUT2D eigenvalue weighted by Gasteiger charge is 2.13. The number of nitrogens with two attached hydrogens (primary N) is 1. The molecule has 5 nitrogen and oxygen atoms in total.